The molecule has 0 heterocycles. The number of esters is 3. The monoisotopic (exact) mass is 1060 g/mol. The minimum Gasteiger partial charge on any atom is -0.462 e. The fourth-order valence-electron chi connectivity index (χ4n) is 7.91. The third-order valence-electron chi connectivity index (χ3n) is 12.5. The summed E-state index contributed by atoms with van der Waals surface area (Å²) in [4.78, 5) is 38.2. The van der Waals surface area contributed by atoms with Crippen molar-refractivity contribution in [3.05, 3.63) is 158 Å². The highest BCUT2D eigenvalue weighted by molar-refractivity contribution is 5.71. The van der Waals surface area contributed by atoms with Crippen LogP contribution in [0.3, 0.4) is 0 Å². The number of ether oxygens (including phenoxy) is 3. The Hall–Kier alpha value is -4.97. The summed E-state index contributed by atoms with van der Waals surface area (Å²) in [7, 11) is 0. The summed E-state index contributed by atoms with van der Waals surface area (Å²) in [5, 5.41) is 0. The molecule has 0 saturated heterocycles. The number of allylic oxidation sites excluding steroid dienone is 26. The molecule has 0 rings (SSSR count). The van der Waals surface area contributed by atoms with Crippen molar-refractivity contribution in [3.8, 4) is 0 Å². The van der Waals surface area contributed by atoms with Crippen molar-refractivity contribution in [1.29, 1.82) is 0 Å². The summed E-state index contributed by atoms with van der Waals surface area (Å²) in [6.07, 6.45) is 92.6. The molecule has 77 heavy (non-hydrogen) atoms. The van der Waals surface area contributed by atoms with Gasteiger partial charge in [0.05, 0.1) is 0 Å². The highest BCUT2D eigenvalue weighted by Crippen LogP contribution is 2.14. The van der Waals surface area contributed by atoms with Gasteiger partial charge in [-0.2, -0.15) is 0 Å². The quantitative estimate of drug-likeness (QED) is 0.0261. The molecule has 0 saturated carbocycles. The Kier molecular flexibility index (Phi) is 59.5. The fraction of sp³-hybridized carbons (Fsp3) is 0.592. The van der Waals surface area contributed by atoms with E-state index in [0.29, 0.717) is 19.3 Å². The molecule has 0 aliphatic heterocycles. The molecule has 432 valence electrons. The van der Waals surface area contributed by atoms with E-state index in [2.05, 4.69) is 179 Å². The van der Waals surface area contributed by atoms with E-state index in [1.54, 1.807) is 0 Å². The largest absolute Gasteiger partial charge is 0.462 e. The number of carbonyl (C=O) groups excluding carboxylic acids is 3. The summed E-state index contributed by atoms with van der Waals surface area (Å²) in [6, 6.07) is 0. The molecule has 0 aliphatic rings. The predicted octanol–water partition coefficient (Wildman–Crippen LogP) is 21.3. The lowest BCUT2D eigenvalue weighted by Crippen LogP contribution is -2.30. The van der Waals surface area contributed by atoms with Gasteiger partial charge in [0.15, 0.2) is 6.10 Å². The number of hydrogen-bond acceptors (Lipinski definition) is 6. The van der Waals surface area contributed by atoms with Crippen LogP contribution in [-0.2, 0) is 28.6 Å². The van der Waals surface area contributed by atoms with Crippen LogP contribution < -0.4 is 0 Å². The zero-order valence-electron chi connectivity index (χ0n) is 49.4. The first kappa shape index (κ1) is 72.0. The van der Waals surface area contributed by atoms with Gasteiger partial charge in [-0.3, -0.25) is 14.4 Å². The van der Waals surface area contributed by atoms with Gasteiger partial charge in [-0.15, -0.1) is 0 Å². The normalized spacial score (nSPS) is 13.2. The van der Waals surface area contributed by atoms with E-state index >= 15 is 0 Å². The van der Waals surface area contributed by atoms with E-state index in [4.69, 9.17) is 14.2 Å². The molecule has 0 amide bonds. The summed E-state index contributed by atoms with van der Waals surface area (Å²) in [5.41, 5.74) is 0. The molecule has 0 bridgehead atoms. The average Bonchev–Trinajstić information content (AvgIpc) is 3.43. The van der Waals surface area contributed by atoms with E-state index in [0.717, 1.165) is 141 Å². The smallest absolute Gasteiger partial charge is 0.306 e. The van der Waals surface area contributed by atoms with Gasteiger partial charge in [-0.1, -0.05) is 256 Å². The van der Waals surface area contributed by atoms with Crippen molar-refractivity contribution < 1.29 is 28.6 Å². The standard InChI is InChI=1S/C71H112O6/c1-4-7-10-13-16-19-22-24-26-28-29-30-31-32-33-34-35-36-37-38-39-40-41-43-44-46-49-52-55-58-61-64-70(73)76-67-68(66-75-69(72)63-60-57-54-51-48-21-18-15-12-9-6-3)77-71(74)65-62-59-56-53-50-47-45-42-27-25-23-20-17-14-11-8-5-2/h7-8,10-11,15-20,24-27,29-30,32-33,35-36,38-39,45,47,53,56,68H,4-6,9,12-14,21-23,28,31,34,37,40-44,46,48-52,54-55,57-67H2,1-3H3/b10-7-,11-8-,18-15-,19-16-,20-17-,26-24-,27-25-,30-29-,33-32-,36-35-,39-38-,47-45-,56-53-. The van der Waals surface area contributed by atoms with Crippen LogP contribution in [0.5, 0.6) is 0 Å². The third-order valence-corrected chi connectivity index (χ3v) is 12.5. The summed E-state index contributed by atoms with van der Waals surface area (Å²) in [5.74, 6) is -0.993. The minimum absolute atomic E-state index is 0.112. The number of unbranched alkanes of at least 4 members (excludes halogenated alkanes) is 17. The van der Waals surface area contributed by atoms with Crippen molar-refractivity contribution in [3.63, 3.8) is 0 Å². The molecule has 1 atom stereocenters. The van der Waals surface area contributed by atoms with Gasteiger partial charge >= 0.3 is 17.9 Å². The number of carbonyl (C=O) groups is 3. The first-order valence-electron chi connectivity index (χ1n) is 31.0. The van der Waals surface area contributed by atoms with Crippen molar-refractivity contribution >= 4 is 17.9 Å². The van der Waals surface area contributed by atoms with Crippen molar-refractivity contribution in [2.24, 2.45) is 0 Å². The Morgan fingerprint density at radius 3 is 0.844 bits per heavy atom. The summed E-state index contributed by atoms with van der Waals surface area (Å²) >= 11 is 0. The fourth-order valence-corrected chi connectivity index (χ4v) is 7.91. The SMILES string of the molecule is CC/C=C\C/C=C\C/C=C\C/C=C\C/C=C\C/C=C\C/C=C\CCCCCCCCCCCC(=O)OCC(COC(=O)CCCCCCC/C=C\CCCC)OC(=O)CCC/C=C\C/C=C\C/C=C\C/C=C\C/C=C\CC. The van der Waals surface area contributed by atoms with Gasteiger partial charge in [0, 0.05) is 19.3 Å². The maximum atomic E-state index is 12.8. The van der Waals surface area contributed by atoms with Gasteiger partial charge in [0.1, 0.15) is 13.2 Å². The molecule has 0 aromatic heterocycles. The predicted molar refractivity (Wildman–Crippen MR) is 334 cm³/mol. The second-order valence-corrected chi connectivity index (χ2v) is 19.8. The summed E-state index contributed by atoms with van der Waals surface area (Å²) < 4.78 is 16.8. The van der Waals surface area contributed by atoms with Crippen LogP contribution in [0.2, 0.25) is 0 Å². The Balaban J connectivity index is 4.34. The molecule has 0 fully saturated rings. The van der Waals surface area contributed by atoms with Crippen LogP contribution in [-0.4, -0.2) is 37.2 Å². The Morgan fingerprint density at radius 2 is 0.519 bits per heavy atom. The second-order valence-electron chi connectivity index (χ2n) is 19.8. The van der Waals surface area contributed by atoms with E-state index in [1.807, 2.05) is 0 Å². The Labute approximate surface area is 473 Å². The maximum absolute atomic E-state index is 12.8. The molecule has 0 spiro atoms. The van der Waals surface area contributed by atoms with Gasteiger partial charge in [0.25, 0.3) is 0 Å². The van der Waals surface area contributed by atoms with E-state index in [9.17, 15) is 14.4 Å². The highest BCUT2D eigenvalue weighted by Gasteiger charge is 2.19. The number of hydrogen-bond donors (Lipinski definition) is 0. The van der Waals surface area contributed by atoms with E-state index in [-0.39, 0.29) is 37.5 Å². The van der Waals surface area contributed by atoms with Crippen LogP contribution in [0.4, 0.5) is 0 Å². The Bertz CT molecular complexity index is 1740. The average molecular weight is 1060 g/mol. The van der Waals surface area contributed by atoms with Crippen molar-refractivity contribution in [1.82, 2.24) is 0 Å². The zero-order valence-corrected chi connectivity index (χ0v) is 49.4. The van der Waals surface area contributed by atoms with Crippen LogP contribution in [0, 0.1) is 0 Å². The molecule has 0 aliphatic carbocycles. The number of rotatable bonds is 54. The lowest BCUT2D eigenvalue weighted by molar-refractivity contribution is -0.167. The molecule has 6 heteroatoms. The van der Waals surface area contributed by atoms with Gasteiger partial charge in [-0.05, 0) is 135 Å². The van der Waals surface area contributed by atoms with Crippen molar-refractivity contribution in [2.45, 2.75) is 258 Å². The Morgan fingerprint density at radius 1 is 0.273 bits per heavy atom. The first-order chi connectivity index (χ1) is 38.0. The molecular weight excluding hydrogens is 949 g/mol. The highest BCUT2D eigenvalue weighted by atomic mass is 16.6. The molecule has 0 aromatic rings. The minimum atomic E-state index is -0.821. The zero-order chi connectivity index (χ0) is 55.7. The van der Waals surface area contributed by atoms with Crippen LogP contribution in [0.15, 0.2) is 158 Å². The van der Waals surface area contributed by atoms with Gasteiger partial charge in [-0.25, -0.2) is 0 Å². The van der Waals surface area contributed by atoms with Gasteiger partial charge < -0.3 is 14.2 Å². The molecule has 1 unspecified atom stereocenters. The maximum Gasteiger partial charge on any atom is 0.306 e. The molecule has 6 nitrogen and oxygen atoms in total. The van der Waals surface area contributed by atoms with Crippen LogP contribution >= 0.6 is 0 Å². The van der Waals surface area contributed by atoms with Crippen LogP contribution in [0.1, 0.15) is 252 Å². The topological polar surface area (TPSA) is 78.9 Å². The second kappa shape index (κ2) is 63.6. The van der Waals surface area contributed by atoms with Crippen LogP contribution in [0.25, 0.3) is 0 Å². The third kappa shape index (κ3) is 61.8. The molecule has 0 radical (unpaired) electrons. The lowest BCUT2D eigenvalue weighted by Gasteiger charge is -2.18. The van der Waals surface area contributed by atoms with Crippen molar-refractivity contribution in [2.75, 3.05) is 13.2 Å². The first-order valence-corrected chi connectivity index (χ1v) is 31.0. The lowest BCUT2D eigenvalue weighted by atomic mass is 10.1. The summed E-state index contributed by atoms with van der Waals surface area (Å²) in [6.45, 7) is 6.30. The molecular formula is C71H112O6. The van der Waals surface area contributed by atoms with E-state index < -0.39 is 6.10 Å². The molecule has 0 aromatic carbocycles. The van der Waals surface area contributed by atoms with Gasteiger partial charge in [0.2, 0.25) is 0 Å². The van der Waals surface area contributed by atoms with E-state index in [1.165, 1.54) is 64.2 Å². The molecule has 0 N–H and O–H groups in total.